The van der Waals surface area contributed by atoms with Crippen molar-refractivity contribution < 1.29 is 24.2 Å². The number of carbonyl (C=O) groups is 3. The van der Waals surface area contributed by atoms with Crippen LogP contribution in [0.2, 0.25) is 0 Å². The minimum atomic E-state index is -0.815. The standard InChI is InChI=1S/C27H32N2O5/c1-17(26(31)32)7-6-14-28-25(30)18-12-13-19(15-18)29-27(33)34-16-24-22-10-4-2-8-20(22)21-9-3-5-11-23(21)24/h2-5,8-11,17-19,24H,6-7,12-16H2,1H3,(H,28,30)(H,29,33)(H,31,32)/t17?,18-,19+/m1/s1. The third kappa shape index (κ3) is 5.41. The lowest BCUT2D eigenvalue weighted by Gasteiger charge is -2.17. The minimum absolute atomic E-state index is 0.0177. The number of amides is 2. The molecule has 2 aromatic carbocycles. The highest BCUT2D eigenvalue weighted by atomic mass is 16.5. The molecule has 2 aliphatic carbocycles. The Labute approximate surface area is 199 Å². The van der Waals surface area contributed by atoms with E-state index in [0.29, 0.717) is 32.2 Å². The number of carboxylic acid groups (broad SMARTS) is 1. The smallest absolute Gasteiger partial charge is 0.407 e. The van der Waals surface area contributed by atoms with Gasteiger partial charge in [0, 0.05) is 24.4 Å². The zero-order valence-corrected chi connectivity index (χ0v) is 19.5. The maximum absolute atomic E-state index is 12.5. The molecule has 1 unspecified atom stereocenters. The van der Waals surface area contributed by atoms with Crippen LogP contribution in [-0.4, -0.2) is 42.3 Å². The lowest BCUT2D eigenvalue weighted by atomic mass is 9.98. The molecule has 2 amide bonds. The summed E-state index contributed by atoms with van der Waals surface area (Å²) in [6.07, 6.45) is 2.75. The summed E-state index contributed by atoms with van der Waals surface area (Å²) in [5.74, 6) is -1.38. The molecule has 0 saturated heterocycles. The number of hydrogen-bond donors (Lipinski definition) is 3. The number of ether oxygens (including phenoxy) is 1. The Balaban J connectivity index is 1.21. The maximum atomic E-state index is 12.5. The SMILES string of the molecule is CC(CCCNC(=O)[C@@H]1CC[C@H](NC(=O)OCC2c3ccccc3-c3ccccc32)C1)C(=O)O. The van der Waals surface area contributed by atoms with Gasteiger partial charge in [-0.3, -0.25) is 9.59 Å². The number of hydrogen-bond acceptors (Lipinski definition) is 4. The number of fused-ring (bicyclic) bond motifs is 3. The quantitative estimate of drug-likeness (QED) is 0.480. The summed E-state index contributed by atoms with van der Waals surface area (Å²) < 4.78 is 5.62. The molecule has 3 N–H and O–H groups in total. The van der Waals surface area contributed by atoms with Crippen LogP contribution in [0.1, 0.15) is 56.1 Å². The number of rotatable bonds is 9. The van der Waals surface area contributed by atoms with Gasteiger partial charge in [0.25, 0.3) is 0 Å². The number of aliphatic carboxylic acids is 1. The van der Waals surface area contributed by atoms with E-state index in [0.717, 1.165) is 6.42 Å². The lowest BCUT2D eigenvalue weighted by molar-refractivity contribution is -0.141. The van der Waals surface area contributed by atoms with Crippen molar-refractivity contribution >= 4 is 18.0 Å². The van der Waals surface area contributed by atoms with E-state index >= 15 is 0 Å². The largest absolute Gasteiger partial charge is 0.481 e. The molecule has 0 heterocycles. The molecule has 2 aromatic rings. The van der Waals surface area contributed by atoms with Crippen LogP contribution in [0.4, 0.5) is 4.79 Å². The fraction of sp³-hybridized carbons (Fsp3) is 0.444. The van der Waals surface area contributed by atoms with Crippen molar-refractivity contribution in [3.05, 3.63) is 59.7 Å². The van der Waals surface area contributed by atoms with E-state index in [4.69, 9.17) is 9.84 Å². The second kappa shape index (κ2) is 10.7. The first-order chi connectivity index (χ1) is 16.4. The Morgan fingerprint density at radius 2 is 1.68 bits per heavy atom. The van der Waals surface area contributed by atoms with Gasteiger partial charge in [-0.1, -0.05) is 55.5 Å². The molecule has 3 atom stereocenters. The van der Waals surface area contributed by atoms with Crippen molar-refractivity contribution in [1.82, 2.24) is 10.6 Å². The maximum Gasteiger partial charge on any atom is 0.407 e. The highest BCUT2D eigenvalue weighted by molar-refractivity contribution is 5.80. The first-order valence-corrected chi connectivity index (χ1v) is 12.1. The van der Waals surface area contributed by atoms with Crippen molar-refractivity contribution in [2.45, 2.75) is 51.0 Å². The van der Waals surface area contributed by atoms with Crippen molar-refractivity contribution in [2.75, 3.05) is 13.2 Å². The van der Waals surface area contributed by atoms with Gasteiger partial charge in [0.15, 0.2) is 0 Å². The summed E-state index contributed by atoms with van der Waals surface area (Å²) in [7, 11) is 0. The molecule has 180 valence electrons. The van der Waals surface area contributed by atoms with Gasteiger partial charge >= 0.3 is 12.1 Å². The van der Waals surface area contributed by atoms with Gasteiger partial charge in [-0.2, -0.15) is 0 Å². The molecular weight excluding hydrogens is 432 g/mol. The van der Waals surface area contributed by atoms with E-state index < -0.39 is 18.0 Å². The molecule has 34 heavy (non-hydrogen) atoms. The van der Waals surface area contributed by atoms with Crippen molar-refractivity contribution in [3.8, 4) is 11.1 Å². The van der Waals surface area contributed by atoms with Crippen molar-refractivity contribution in [3.63, 3.8) is 0 Å². The summed E-state index contributed by atoms with van der Waals surface area (Å²) >= 11 is 0. The van der Waals surface area contributed by atoms with Crippen LogP contribution in [0.25, 0.3) is 11.1 Å². The summed E-state index contributed by atoms with van der Waals surface area (Å²) in [6.45, 7) is 2.41. The van der Waals surface area contributed by atoms with Gasteiger partial charge in [-0.25, -0.2) is 4.79 Å². The monoisotopic (exact) mass is 464 g/mol. The third-order valence-electron chi connectivity index (χ3n) is 7.00. The number of benzene rings is 2. The van der Waals surface area contributed by atoms with Gasteiger partial charge < -0.3 is 20.5 Å². The highest BCUT2D eigenvalue weighted by Gasteiger charge is 2.32. The van der Waals surface area contributed by atoms with E-state index in [-0.39, 0.29) is 30.4 Å². The average molecular weight is 465 g/mol. The van der Waals surface area contributed by atoms with Gasteiger partial charge in [0.1, 0.15) is 6.61 Å². The summed E-state index contributed by atoms with van der Waals surface area (Å²) in [5.41, 5.74) is 4.72. The molecular formula is C27H32N2O5. The number of alkyl carbamates (subject to hydrolysis) is 1. The Bertz CT molecular complexity index is 1010. The Morgan fingerprint density at radius 3 is 2.32 bits per heavy atom. The van der Waals surface area contributed by atoms with E-state index in [1.807, 2.05) is 24.3 Å². The molecule has 0 aromatic heterocycles. The predicted molar refractivity (Wildman–Crippen MR) is 128 cm³/mol. The average Bonchev–Trinajstić information content (AvgIpc) is 3.43. The zero-order chi connectivity index (χ0) is 24.1. The second-order valence-corrected chi connectivity index (χ2v) is 9.35. The van der Waals surface area contributed by atoms with E-state index in [2.05, 4.69) is 34.9 Å². The Morgan fingerprint density at radius 1 is 1.03 bits per heavy atom. The third-order valence-corrected chi connectivity index (χ3v) is 7.00. The Kier molecular flexibility index (Phi) is 7.50. The van der Waals surface area contributed by atoms with E-state index in [1.165, 1.54) is 22.3 Å². The van der Waals surface area contributed by atoms with Gasteiger partial charge in [-0.05, 0) is 54.4 Å². The summed E-state index contributed by atoms with van der Waals surface area (Å²) in [4.78, 5) is 35.8. The van der Waals surface area contributed by atoms with Crippen molar-refractivity contribution in [1.29, 1.82) is 0 Å². The normalized spacial score (nSPS) is 19.7. The first kappa shape index (κ1) is 23.8. The van der Waals surface area contributed by atoms with Crippen molar-refractivity contribution in [2.24, 2.45) is 11.8 Å². The molecule has 0 bridgehead atoms. The molecule has 0 spiro atoms. The fourth-order valence-corrected chi connectivity index (χ4v) is 5.05. The molecule has 4 rings (SSSR count). The minimum Gasteiger partial charge on any atom is -0.481 e. The van der Waals surface area contributed by atoms with Crippen LogP contribution >= 0.6 is 0 Å². The highest BCUT2D eigenvalue weighted by Crippen LogP contribution is 2.44. The molecule has 2 aliphatic rings. The molecule has 1 saturated carbocycles. The van der Waals surface area contributed by atoms with Gasteiger partial charge in [-0.15, -0.1) is 0 Å². The first-order valence-electron chi connectivity index (χ1n) is 12.1. The molecule has 0 aliphatic heterocycles. The number of carbonyl (C=O) groups excluding carboxylic acids is 2. The van der Waals surface area contributed by atoms with Crippen LogP contribution in [0.5, 0.6) is 0 Å². The van der Waals surface area contributed by atoms with Gasteiger partial charge in [0.2, 0.25) is 5.91 Å². The molecule has 1 fully saturated rings. The topological polar surface area (TPSA) is 105 Å². The van der Waals surface area contributed by atoms with Crippen LogP contribution in [0, 0.1) is 11.8 Å². The summed E-state index contributed by atoms with van der Waals surface area (Å²) in [5, 5.41) is 14.7. The molecule has 7 heteroatoms. The van der Waals surface area contributed by atoms with Crippen LogP contribution < -0.4 is 10.6 Å². The van der Waals surface area contributed by atoms with Crippen LogP contribution in [0.15, 0.2) is 48.5 Å². The van der Waals surface area contributed by atoms with Crippen LogP contribution in [-0.2, 0) is 14.3 Å². The fourth-order valence-electron chi connectivity index (χ4n) is 5.05. The van der Waals surface area contributed by atoms with Gasteiger partial charge in [0.05, 0.1) is 5.92 Å². The second-order valence-electron chi connectivity index (χ2n) is 9.35. The Hall–Kier alpha value is -3.35. The summed E-state index contributed by atoms with van der Waals surface area (Å²) in [6, 6.07) is 16.4. The predicted octanol–water partition coefficient (Wildman–Crippen LogP) is 4.31. The zero-order valence-electron chi connectivity index (χ0n) is 19.5. The lowest BCUT2D eigenvalue weighted by Crippen LogP contribution is -2.36. The van der Waals surface area contributed by atoms with Crippen LogP contribution in [0.3, 0.4) is 0 Å². The van der Waals surface area contributed by atoms with E-state index in [1.54, 1.807) is 6.92 Å². The molecule has 0 radical (unpaired) electrons. The number of carboxylic acids is 1. The molecule has 7 nitrogen and oxygen atoms in total. The van der Waals surface area contributed by atoms with E-state index in [9.17, 15) is 14.4 Å². The number of nitrogens with one attached hydrogen (secondary N) is 2.